The standard InChI is InChI=1S/C23H19Cl2FN4O3/c1-12(13-4-3-5-15(6-13)33-2)28-20(31)11-30-10-17-16(22(30)32)7-14(8-19(17)26)21-18(24)9-27-23(25)29-21/h3-9,12H,10-11H2,1-2H3,(H,28,31). The lowest BCUT2D eigenvalue weighted by molar-refractivity contribution is -0.122. The van der Waals surface area contributed by atoms with Gasteiger partial charge < -0.3 is 15.0 Å². The van der Waals surface area contributed by atoms with E-state index in [2.05, 4.69) is 15.3 Å². The number of fused-ring (bicyclic) bond motifs is 1. The minimum atomic E-state index is -0.589. The summed E-state index contributed by atoms with van der Waals surface area (Å²) >= 11 is 12.0. The van der Waals surface area contributed by atoms with E-state index in [1.807, 2.05) is 31.2 Å². The quantitative estimate of drug-likeness (QED) is 0.518. The largest absolute Gasteiger partial charge is 0.497 e. The molecule has 0 spiro atoms. The van der Waals surface area contributed by atoms with Gasteiger partial charge in [0.2, 0.25) is 11.2 Å². The molecule has 2 amide bonds. The van der Waals surface area contributed by atoms with E-state index >= 15 is 0 Å². The third kappa shape index (κ3) is 4.77. The van der Waals surface area contributed by atoms with Gasteiger partial charge in [-0.2, -0.15) is 0 Å². The number of benzene rings is 2. The highest BCUT2D eigenvalue weighted by atomic mass is 35.5. The molecule has 0 bridgehead atoms. The van der Waals surface area contributed by atoms with Gasteiger partial charge in [0, 0.05) is 16.7 Å². The zero-order chi connectivity index (χ0) is 23.7. The number of carbonyl (C=O) groups is 2. The molecule has 7 nitrogen and oxygen atoms in total. The maximum absolute atomic E-state index is 14.8. The summed E-state index contributed by atoms with van der Waals surface area (Å²) in [6.45, 7) is 1.60. The van der Waals surface area contributed by atoms with E-state index in [1.165, 1.54) is 23.2 Å². The van der Waals surface area contributed by atoms with Crippen LogP contribution in [0.2, 0.25) is 10.3 Å². The zero-order valence-electron chi connectivity index (χ0n) is 17.7. The van der Waals surface area contributed by atoms with Crippen molar-refractivity contribution in [2.75, 3.05) is 13.7 Å². The van der Waals surface area contributed by atoms with Gasteiger partial charge in [0.1, 0.15) is 18.1 Å². The molecular weight excluding hydrogens is 470 g/mol. The van der Waals surface area contributed by atoms with Crippen molar-refractivity contribution >= 4 is 35.0 Å². The van der Waals surface area contributed by atoms with Gasteiger partial charge in [-0.1, -0.05) is 23.7 Å². The first-order valence-corrected chi connectivity index (χ1v) is 10.8. The smallest absolute Gasteiger partial charge is 0.255 e. The molecule has 1 aliphatic rings. The molecule has 33 heavy (non-hydrogen) atoms. The van der Waals surface area contributed by atoms with Gasteiger partial charge in [-0.15, -0.1) is 0 Å². The first-order chi connectivity index (χ1) is 15.8. The molecule has 2 aromatic carbocycles. The Kier molecular flexibility index (Phi) is 6.49. The second kappa shape index (κ2) is 9.33. The topological polar surface area (TPSA) is 84.4 Å². The van der Waals surface area contributed by atoms with E-state index < -0.39 is 11.7 Å². The molecule has 0 radical (unpaired) electrons. The SMILES string of the molecule is COc1cccc(C(C)NC(=O)CN2Cc3c(F)cc(-c4nc(Cl)ncc4Cl)cc3C2=O)c1. The Hall–Kier alpha value is -3.23. The van der Waals surface area contributed by atoms with E-state index in [-0.39, 0.29) is 52.2 Å². The summed E-state index contributed by atoms with van der Waals surface area (Å²) in [6, 6.07) is 9.77. The number of halogens is 3. The van der Waals surface area contributed by atoms with Crippen LogP contribution >= 0.6 is 23.2 Å². The predicted octanol–water partition coefficient (Wildman–Crippen LogP) is 4.43. The Morgan fingerprint density at radius 3 is 2.85 bits per heavy atom. The van der Waals surface area contributed by atoms with Crippen molar-refractivity contribution in [1.29, 1.82) is 0 Å². The first-order valence-electron chi connectivity index (χ1n) is 10.00. The lowest BCUT2D eigenvalue weighted by Gasteiger charge is -2.19. The molecule has 1 aromatic heterocycles. The average Bonchev–Trinajstić information content (AvgIpc) is 3.11. The van der Waals surface area contributed by atoms with Crippen molar-refractivity contribution in [3.8, 4) is 17.0 Å². The molecule has 3 aromatic rings. The van der Waals surface area contributed by atoms with Crippen LogP contribution in [0.25, 0.3) is 11.3 Å². The summed E-state index contributed by atoms with van der Waals surface area (Å²) in [5, 5.41) is 2.98. The Morgan fingerprint density at radius 1 is 1.30 bits per heavy atom. The normalized spacial score (nSPS) is 13.6. The number of hydrogen-bond donors (Lipinski definition) is 1. The van der Waals surface area contributed by atoms with E-state index in [9.17, 15) is 14.0 Å². The maximum atomic E-state index is 14.8. The van der Waals surface area contributed by atoms with E-state index in [0.717, 1.165) is 5.56 Å². The number of hydrogen-bond acceptors (Lipinski definition) is 5. The van der Waals surface area contributed by atoms with E-state index in [4.69, 9.17) is 27.9 Å². The lowest BCUT2D eigenvalue weighted by Crippen LogP contribution is -2.38. The van der Waals surface area contributed by atoms with Crippen molar-refractivity contribution < 1.29 is 18.7 Å². The number of methoxy groups -OCH3 is 1. The van der Waals surface area contributed by atoms with Gasteiger partial charge in [0.15, 0.2) is 0 Å². The number of nitrogens with one attached hydrogen (secondary N) is 1. The fraction of sp³-hybridized carbons (Fsp3) is 0.217. The summed E-state index contributed by atoms with van der Waals surface area (Å²) < 4.78 is 20.1. The molecule has 1 atom stereocenters. The lowest BCUT2D eigenvalue weighted by atomic mass is 10.0. The van der Waals surface area contributed by atoms with Crippen LogP contribution in [0.15, 0.2) is 42.6 Å². The number of aromatic nitrogens is 2. The molecule has 0 aliphatic carbocycles. The second-order valence-corrected chi connectivity index (χ2v) is 8.29. The molecule has 0 fully saturated rings. The fourth-order valence-corrected chi connectivity index (χ4v) is 4.02. The van der Waals surface area contributed by atoms with Crippen LogP contribution in [0.4, 0.5) is 4.39 Å². The molecule has 1 unspecified atom stereocenters. The molecule has 0 saturated heterocycles. The summed E-state index contributed by atoms with van der Waals surface area (Å²) in [5.74, 6) is -0.728. The first kappa shape index (κ1) is 22.9. The third-order valence-corrected chi connectivity index (χ3v) is 5.81. The van der Waals surface area contributed by atoms with Crippen molar-refractivity contribution in [1.82, 2.24) is 20.2 Å². The summed E-state index contributed by atoms with van der Waals surface area (Å²) in [4.78, 5) is 34.6. The van der Waals surface area contributed by atoms with Gasteiger partial charge in [-0.3, -0.25) is 9.59 Å². The van der Waals surface area contributed by atoms with Crippen LogP contribution in [0, 0.1) is 5.82 Å². The molecule has 1 N–H and O–H groups in total. The van der Waals surface area contributed by atoms with Crippen LogP contribution in [0.5, 0.6) is 5.75 Å². The minimum Gasteiger partial charge on any atom is -0.497 e. The highest BCUT2D eigenvalue weighted by Crippen LogP contribution is 2.33. The highest BCUT2D eigenvalue weighted by Gasteiger charge is 2.32. The number of amides is 2. The monoisotopic (exact) mass is 488 g/mol. The van der Waals surface area contributed by atoms with Crippen LogP contribution in [0.1, 0.15) is 34.5 Å². The van der Waals surface area contributed by atoms with E-state index in [0.29, 0.717) is 11.3 Å². The molecule has 170 valence electrons. The second-order valence-electron chi connectivity index (χ2n) is 7.55. The van der Waals surface area contributed by atoms with Crippen molar-refractivity contribution in [2.45, 2.75) is 19.5 Å². The summed E-state index contributed by atoms with van der Waals surface area (Å²) in [6.07, 6.45) is 1.30. The van der Waals surface area contributed by atoms with Crippen LogP contribution in [-0.4, -0.2) is 40.3 Å². The minimum absolute atomic E-state index is 0.0144. The molecule has 2 heterocycles. The Labute approximate surface area is 199 Å². The molecular formula is C23H19Cl2FN4O3. The maximum Gasteiger partial charge on any atom is 0.255 e. The van der Waals surface area contributed by atoms with Crippen molar-refractivity contribution in [3.05, 3.63) is 75.4 Å². The van der Waals surface area contributed by atoms with Gasteiger partial charge in [-0.25, -0.2) is 14.4 Å². The summed E-state index contributed by atoms with van der Waals surface area (Å²) in [7, 11) is 1.57. The van der Waals surface area contributed by atoms with Crippen LogP contribution in [0.3, 0.4) is 0 Å². The Balaban J connectivity index is 1.50. The van der Waals surface area contributed by atoms with Crippen LogP contribution < -0.4 is 10.1 Å². The third-order valence-electron chi connectivity index (χ3n) is 5.36. The predicted molar refractivity (Wildman–Crippen MR) is 122 cm³/mol. The van der Waals surface area contributed by atoms with Gasteiger partial charge in [0.25, 0.3) is 5.91 Å². The molecule has 1 aliphatic heterocycles. The number of rotatable bonds is 6. The Bertz CT molecular complexity index is 1250. The van der Waals surface area contributed by atoms with Crippen molar-refractivity contribution in [3.63, 3.8) is 0 Å². The van der Waals surface area contributed by atoms with Gasteiger partial charge >= 0.3 is 0 Å². The zero-order valence-corrected chi connectivity index (χ0v) is 19.2. The number of carbonyl (C=O) groups excluding carboxylic acids is 2. The van der Waals surface area contributed by atoms with Crippen molar-refractivity contribution in [2.24, 2.45) is 0 Å². The fourth-order valence-electron chi connectivity index (χ4n) is 3.69. The van der Waals surface area contributed by atoms with Gasteiger partial charge in [-0.05, 0) is 48.4 Å². The average molecular weight is 489 g/mol. The van der Waals surface area contributed by atoms with E-state index in [1.54, 1.807) is 7.11 Å². The Morgan fingerprint density at radius 2 is 2.09 bits per heavy atom. The highest BCUT2D eigenvalue weighted by molar-refractivity contribution is 6.33. The molecule has 10 heteroatoms. The molecule has 4 rings (SSSR count). The molecule has 0 saturated carbocycles. The number of nitrogens with zero attached hydrogens (tertiary/aromatic N) is 3. The number of ether oxygens (including phenoxy) is 1. The van der Waals surface area contributed by atoms with Gasteiger partial charge in [0.05, 0.1) is 36.6 Å². The van der Waals surface area contributed by atoms with Crippen LogP contribution in [-0.2, 0) is 11.3 Å². The summed E-state index contributed by atoms with van der Waals surface area (Å²) in [5.41, 5.74) is 1.74.